The predicted octanol–water partition coefficient (Wildman–Crippen LogP) is 5.67. The standard InChI is InChI=1S/C27H30ClN5O3/c1-26(2,3)36-25(35)32-10-9-27(15-32)14-31-24(34)33(27)18-6-4-5-17(11-18)20-13-30-23-21(22(20)28)19(12-29-23)16-7-8-16/h4-6,11-13,16H,7-10,14-15H2,1-3H3,(H,29,30)(H,31,34). The van der Waals surface area contributed by atoms with E-state index in [0.29, 0.717) is 37.0 Å². The molecule has 1 spiro atoms. The number of anilines is 1. The molecule has 188 valence electrons. The average molecular weight is 508 g/mol. The molecule has 1 aromatic carbocycles. The van der Waals surface area contributed by atoms with Gasteiger partial charge in [-0.05, 0) is 69.2 Å². The van der Waals surface area contributed by atoms with Gasteiger partial charge in [-0.25, -0.2) is 14.6 Å². The normalized spacial score (nSPS) is 22.1. The number of hydrogen-bond acceptors (Lipinski definition) is 4. The summed E-state index contributed by atoms with van der Waals surface area (Å²) in [7, 11) is 0. The van der Waals surface area contributed by atoms with Gasteiger partial charge in [-0.15, -0.1) is 0 Å². The topological polar surface area (TPSA) is 90.6 Å². The number of nitrogens with zero attached hydrogens (tertiary/aromatic N) is 3. The third kappa shape index (κ3) is 3.88. The maximum absolute atomic E-state index is 13.1. The number of urea groups is 1. The Bertz CT molecular complexity index is 1380. The van der Waals surface area contributed by atoms with Crippen molar-refractivity contribution in [1.82, 2.24) is 20.2 Å². The highest BCUT2D eigenvalue weighted by Gasteiger charge is 2.52. The second-order valence-corrected chi connectivity index (χ2v) is 11.5. The molecule has 1 atom stereocenters. The van der Waals surface area contributed by atoms with Gasteiger partial charge in [-0.3, -0.25) is 4.90 Å². The smallest absolute Gasteiger partial charge is 0.410 e. The monoisotopic (exact) mass is 507 g/mol. The van der Waals surface area contributed by atoms with Crippen LogP contribution in [0.15, 0.2) is 36.7 Å². The van der Waals surface area contributed by atoms with Gasteiger partial charge in [0.25, 0.3) is 0 Å². The highest BCUT2D eigenvalue weighted by Crippen LogP contribution is 2.46. The summed E-state index contributed by atoms with van der Waals surface area (Å²) in [6, 6.07) is 7.67. The second kappa shape index (κ2) is 8.13. The molecule has 2 aromatic heterocycles. The summed E-state index contributed by atoms with van der Waals surface area (Å²) >= 11 is 6.95. The summed E-state index contributed by atoms with van der Waals surface area (Å²) in [6.07, 6.45) is 6.48. The molecule has 8 nitrogen and oxygen atoms in total. The van der Waals surface area contributed by atoms with Gasteiger partial charge >= 0.3 is 12.1 Å². The van der Waals surface area contributed by atoms with E-state index in [2.05, 4.69) is 15.3 Å². The summed E-state index contributed by atoms with van der Waals surface area (Å²) in [5.74, 6) is 0.545. The van der Waals surface area contributed by atoms with E-state index < -0.39 is 11.1 Å². The van der Waals surface area contributed by atoms with Gasteiger partial charge in [0.05, 0.1) is 10.6 Å². The van der Waals surface area contributed by atoms with E-state index in [0.717, 1.165) is 27.8 Å². The summed E-state index contributed by atoms with van der Waals surface area (Å²) in [4.78, 5) is 37.2. The molecule has 2 N–H and O–H groups in total. The first-order chi connectivity index (χ1) is 17.2. The Balaban J connectivity index is 1.33. The molecule has 3 fully saturated rings. The Morgan fingerprint density at radius 1 is 1.28 bits per heavy atom. The predicted molar refractivity (Wildman–Crippen MR) is 140 cm³/mol. The number of benzene rings is 1. The zero-order chi connectivity index (χ0) is 25.2. The number of carbonyl (C=O) groups is 2. The fourth-order valence-electron chi connectivity index (χ4n) is 5.48. The lowest BCUT2D eigenvalue weighted by Gasteiger charge is -2.34. The number of pyridine rings is 1. The Morgan fingerprint density at radius 2 is 2.08 bits per heavy atom. The molecule has 0 radical (unpaired) electrons. The number of carbonyl (C=O) groups excluding carboxylic acids is 2. The SMILES string of the molecule is CC(C)(C)OC(=O)N1CCC2(CNC(=O)N2c2cccc(-c3cnc4[nH]cc(C5CC5)c4c3Cl)c2)C1. The van der Waals surface area contributed by atoms with Crippen molar-refractivity contribution in [2.75, 3.05) is 24.5 Å². The minimum absolute atomic E-state index is 0.167. The van der Waals surface area contributed by atoms with Crippen LogP contribution in [0.25, 0.3) is 22.2 Å². The highest BCUT2D eigenvalue weighted by molar-refractivity contribution is 6.38. The molecule has 36 heavy (non-hydrogen) atoms. The lowest BCUT2D eigenvalue weighted by molar-refractivity contribution is 0.0286. The van der Waals surface area contributed by atoms with Gasteiger partial charge < -0.3 is 19.9 Å². The van der Waals surface area contributed by atoms with Crippen LogP contribution in [0.2, 0.25) is 5.02 Å². The van der Waals surface area contributed by atoms with E-state index in [4.69, 9.17) is 16.3 Å². The van der Waals surface area contributed by atoms with Crippen LogP contribution in [-0.4, -0.2) is 57.8 Å². The number of amides is 3. The average Bonchev–Trinajstić information content (AvgIpc) is 3.29. The van der Waals surface area contributed by atoms with Gasteiger partial charge in [0.2, 0.25) is 0 Å². The quantitative estimate of drug-likeness (QED) is 0.478. The first-order valence-corrected chi connectivity index (χ1v) is 12.8. The van der Waals surface area contributed by atoms with E-state index in [1.807, 2.05) is 51.2 Å². The molecule has 0 bridgehead atoms. The first-order valence-electron chi connectivity index (χ1n) is 12.5. The maximum Gasteiger partial charge on any atom is 0.410 e. The minimum atomic E-state index is -0.572. The lowest BCUT2D eigenvalue weighted by atomic mass is 9.96. The van der Waals surface area contributed by atoms with Crippen LogP contribution in [0.5, 0.6) is 0 Å². The van der Waals surface area contributed by atoms with E-state index in [9.17, 15) is 9.59 Å². The second-order valence-electron chi connectivity index (χ2n) is 11.1. The Morgan fingerprint density at radius 3 is 2.83 bits per heavy atom. The molecule has 3 amide bonds. The van der Waals surface area contributed by atoms with E-state index >= 15 is 0 Å². The fourth-order valence-corrected chi connectivity index (χ4v) is 5.84. The summed E-state index contributed by atoms with van der Waals surface area (Å²) in [5, 5.41) is 4.66. The van der Waals surface area contributed by atoms with Crippen molar-refractivity contribution in [2.45, 2.75) is 57.1 Å². The molecule has 1 aliphatic carbocycles. The molecule has 1 unspecified atom stereocenters. The van der Waals surface area contributed by atoms with Crippen LogP contribution in [0.3, 0.4) is 0 Å². The van der Waals surface area contributed by atoms with Gasteiger partial charge in [-0.1, -0.05) is 23.7 Å². The molecule has 3 aliphatic rings. The number of H-pyrrole nitrogens is 1. The van der Waals surface area contributed by atoms with E-state index in [-0.39, 0.29) is 12.1 Å². The van der Waals surface area contributed by atoms with Gasteiger partial charge in [-0.2, -0.15) is 0 Å². The molecule has 6 rings (SSSR count). The van der Waals surface area contributed by atoms with Gasteiger partial charge in [0.15, 0.2) is 0 Å². The van der Waals surface area contributed by atoms with Crippen LogP contribution in [-0.2, 0) is 4.74 Å². The van der Waals surface area contributed by atoms with Crippen molar-refractivity contribution < 1.29 is 14.3 Å². The van der Waals surface area contributed by atoms with Crippen molar-refractivity contribution in [1.29, 1.82) is 0 Å². The van der Waals surface area contributed by atoms with Crippen LogP contribution in [0, 0.1) is 0 Å². The molecule has 9 heteroatoms. The minimum Gasteiger partial charge on any atom is -0.444 e. The van der Waals surface area contributed by atoms with Gasteiger partial charge in [0, 0.05) is 48.7 Å². The number of aromatic nitrogens is 2. The molecule has 3 aromatic rings. The number of hydrogen-bond donors (Lipinski definition) is 2. The Labute approximate surface area is 215 Å². The number of halogens is 1. The number of fused-ring (bicyclic) bond motifs is 1. The molecule has 2 saturated heterocycles. The van der Waals surface area contributed by atoms with Crippen molar-refractivity contribution >= 4 is 40.4 Å². The third-order valence-electron chi connectivity index (χ3n) is 7.33. The van der Waals surface area contributed by atoms with Crippen molar-refractivity contribution in [3.63, 3.8) is 0 Å². The van der Waals surface area contributed by atoms with Crippen LogP contribution >= 0.6 is 11.6 Å². The largest absolute Gasteiger partial charge is 0.444 e. The number of nitrogens with one attached hydrogen (secondary N) is 2. The maximum atomic E-state index is 13.1. The molecular weight excluding hydrogens is 478 g/mol. The number of aromatic amines is 1. The molecular formula is C27H30ClN5O3. The number of ether oxygens (including phenoxy) is 1. The summed E-state index contributed by atoms with van der Waals surface area (Å²) < 4.78 is 5.58. The molecule has 1 saturated carbocycles. The van der Waals surface area contributed by atoms with Crippen LogP contribution in [0.1, 0.15) is 51.5 Å². The lowest BCUT2D eigenvalue weighted by Crippen LogP contribution is -2.50. The van der Waals surface area contributed by atoms with E-state index in [1.54, 1.807) is 16.0 Å². The van der Waals surface area contributed by atoms with Crippen LogP contribution < -0.4 is 10.2 Å². The van der Waals surface area contributed by atoms with Crippen molar-refractivity contribution in [3.8, 4) is 11.1 Å². The molecule has 2 aliphatic heterocycles. The summed E-state index contributed by atoms with van der Waals surface area (Å²) in [5.41, 5.74) is 3.42. The zero-order valence-corrected chi connectivity index (χ0v) is 21.5. The summed E-state index contributed by atoms with van der Waals surface area (Å²) in [6.45, 7) is 6.98. The van der Waals surface area contributed by atoms with Crippen LogP contribution in [0.4, 0.5) is 15.3 Å². The zero-order valence-electron chi connectivity index (χ0n) is 20.7. The van der Waals surface area contributed by atoms with Crippen molar-refractivity contribution in [2.24, 2.45) is 0 Å². The van der Waals surface area contributed by atoms with E-state index in [1.165, 1.54) is 18.4 Å². The number of rotatable bonds is 3. The highest BCUT2D eigenvalue weighted by atomic mass is 35.5. The van der Waals surface area contributed by atoms with Crippen molar-refractivity contribution in [3.05, 3.63) is 47.2 Å². The first kappa shape index (κ1) is 23.2. The third-order valence-corrected chi connectivity index (χ3v) is 7.72. The fraction of sp³-hybridized carbons (Fsp3) is 0.444. The Kier molecular flexibility index (Phi) is 5.23. The Hall–Kier alpha value is -3.26. The van der Waals surface area contributed by atoms with Gasteiger partial charge in [0.1, 0.15) is 11.2 Å². The molecule has 4 heterocycles. The number of likely N-dealkylation sites (tertiary alicyclic amines) is 1.